The van der Waals surface area contributed by atoms with E-state index in [2.05, 4.69) is 13.2 Å². The van der Waals surface area contributed by atoms with Crippen molar-refractivity contribution in [3.8, 4) is 0 Å². The van der Waals surface area contributed by atoms with E-state index in [-0.39, 0.29) is 31.6 Å². The lowest BCUT2D eigenvalue weighted by molar-refractivity contribution is -0.161. The van der Waals surface area contributed by atoms with Gasteiger partial charge in [0.2, 0.25) is 11.8 Å². The van der Waals surface area contributed by atoms with Gasteiger partial charge in [-0.05, 0) is 31.7 Å². The molecule has 194 valence electrons. The second kappa shape index (κ2) is 10.2. The molecule has 1 N–H and O–H groups in total. The average Bonchev–Trinajstić information content (AvgIpc) is 3.44. The fraction of sp³-hybridized carbons (Fsp3) is 0.536. The summed E-state index contributed by atoms with van der Waals surface area (Å²) in [5.41, 5.74) is -1.13. The Kier molecular flexibility index (Phi) is 7.38. The van der Waals surface area contributed by atoms with Crippen LogP contribution in [0.15, 0.2) is 55.6 Å². The molecule has 8 heteroatoms. The highest BCUT2D eigenvalue weighted by Gasteiger charge is 2.79. The molecule has 2 amide bonds. The summed E-state index contributed by atoms with van der Waals surface area (Å²) < 4.78 is 12.0. The first kappa shape index (κ1) is 26.1. The number of ether oxygens (including phenoxy) is 2. The number of benzene rings is 1. The SMILES string of the molecule is C=CCOC(=O)[C@@H]1[C@H]2C(=O)N([C@@H](CC)CO)C(C(=O)N(CC=C)Cc3ccccc3)C23CC[C@@]1(C)O3. The van der Waals surface area contributed by atoms with Gasteiger partial charge < -0.3 is 24.4 Å². The van der Waals surface area contributed by atoms with Gasteiger partial charge in [-0.15, -0.1) is 6.58 Å². The maximum absolute atomic E-state index is 14.3. The van der Waals surface area contributed by atoms with Crippen LogP contribution in [-0.2, 0) is 30.4 Å². The molecular formula is C28H36N2O6. The number of aliphatic hydroxyl groups excluding tert-OH is 1. The lowest BCUT2D eigenvalue weighted by Gasteiger charge is -2.39. The minimum Gasteiger partial charge on any atom is -0.461 e. The Balaban J connectivity index is 1.77. The molecule has 8 nitrogen and oxygen atoms in total. The second-order valence-corrected chi connectivity index (χ2v) is 10.1. The quantitative estimate of drug-likeness (QED) is 0.374. The fourth-order valence-electron chi connectivity index (χ4n) is 6.40. The molecular weight excluding hydrogens is 460 g/mol. The number of carbonyl (C=O) groups excluding carboxylic acids is 3. The van der Waals surface area contributed by atoms with E-state index in [1.54, 1.807) is 11.0 Å². The van der Waals surface area contributed by atoms with Crippen molar-refractivity contribution < 1.29 is 29.0 Å². The van der Waals surface area contributed by atoms with E-state index in [9.17, 15) is 19.5 Å². The largest absolute Gasteiger partial charge is 0.461 e. The second-order valence-electron chi connectivity index (χ2n) is 10.1. The minimum atomic E-state index is -1.17. The molecule has 0 aromatic heterocycles. The summed E-state index contributed by atoms with van der Waals surface area (Å²) in [4.78, 5) is 44.7. The molecule has 4 rings (SSSR count). The van der Waals surface area contributed by atoms with Crippen LogP contribution in [0.25, 0.3) is 0 Å². The molecule has 1 aromatic rings. The Morgan fingerprint density at radius 3 is 2.61 bits per heavy atom. The number of esters is 1. The van der Waals surface area contributed by atoms with E-state index in [1.807, 2.05) is 44.2 Å². The van der Waals surface area contributed by atoms with Crippen LogP contribution < -0.4 is 0 Å². The molecule has 3 aliphatic heterocycles. The lowest BCUT2D eigenvalue weighted by atomic mass is 9.66. The van der Waals surface area contributed by atoms with Crippen LogP contribution in [0.4, 0.5) is 0 Å². The van der Waals surface area contributed by atoms with E-state index in [0.29, 0.717) is 25.8 Å². The van der Waals surface area contributed by atoms with Gasteiger partial charge in [-0.1, -0.05) is 56.0 Å². The standard InChI is InChI=1S/C28H36N2O6/c1-5-15-29(17-19-11-9-8-10-12-19)25(33)23-28-14-13-27(4,36-28)22(26(34)35-16-6-2)21(28)24(32)30(23)20(7-3)18-31/h5-6,8-12,20-23,31H,1-2,7,13-18H2,3-4H3/t20-,21-,22-,23?,27+,28?/m0/s1. The smallest absolute Gasteiger partial charge is 0.313 e. The highest BCUT2D eigenvalue weighted by atomic mass is 16.6. The Labute approximate surface area is 212 Å². The van der Waals surface area contributed by atoms with Gasteiger partial charge in [0.15, 0.2) is 0 Å². The Bertz CT molecular complexity index is 1020. The number of nitrogens with zero attached hydrogens (tertiary/aromatic N) is 2. The number of carbonyl (C=O) groups is 3. The summed E-state index contributed by atoms with van der Waals surface area (Å²) in [6.45, 7) is 11.5. The Hall–Kier alpha value is -2.97. The number of hydrogen-bond donors (Lipinski definition) is 1. The van der Waals surface area contributed by atoms with Crippen molar-refractivity contribution in [3.05, 3.63) is 61.2 Å². The van der Waals surface area contributed by atoms with Crippen molar-refractivity contribution in [2.75, 3.05) is 19.8 Å². The number of aliphatic hydroxyl groups is 1. The van der Waals surface area contributed by atoms with Gasteiger partial charge in [0.05, 0.1) is 24.2 Å². The van der Waals surface area contributed by atoms with Crippen LogP contribution in [0.5, 0.6) is 0 Å². The number of rotatable bonds is 11. The predicted molar refractivity (Wildman–Crippen MR) is 133 cm³/mol. The summed E-state index contributed by atoms with van der Waals surface area (Å²) in [6, 6.07) is 8.07. The van der Waals surface area contributed by atoms with Gasteiger partial charge in [0, 0.05) is 13.1 Å². The number of likely N-dealkylation sites (tertiary alicyclic amines) is 1. The number of hydrogen-bond acceptors (Lipinski definition) is 6. The van der Waals surface area contributed by atoms with Gasteiger partial charge in [-0.2, -0.15) is 0 Å². The first-order valence-corrected chi connectivity index (χ1v) is 12.6. The van der Waals surface area contributed by atoms with Crippen molar-refractivity contribution in [1.82, 2.24) is 9.80 Å². The predicted octanol–water partition coefficient (Wildman–Crippen LogP) is 2.47. The van der Waals surface area contributed by atoms with E-state index < -0.39 is 41.1 Å². The summed E-state index contributed by atoms with van der Waals surface area (Å²) in [5.74, 6) is -2.82. The highest BCUT2D eigenvalue weighted by molar-refractivity contribution is 5.98. The maximum Gasteiger partial charge on any atom is 0.313 e. The van der Waals surface area contributed by atoms with E-state index in [4.69, 9.17) is 9.47 Å². The molecule has 3 fully saturated rings. The Morgan fingerprint density at radius 2 is 2.00 bits per heavy atom. The summed E-state index contributed by atoms with van der Waals surface area (Å²) in [5, 5.41) is 10.2. The molecule has 2 unspecified atom stereocenters. The zero-order valence-electron chi connectivity index (χ0n) is 21.1. The zero-order chi connectivity index (χ0) is 26.1. The molecule has 0 aliphatic carbocycles. The average molecular weight is 497 g/mol. The van der Waals surface area contributed by atoms with E-state index >= 15 is 0 Å². The molecule has 2 bridgehead atoms. The zero-order valence-corrected chi connectivity index (χ0v) is 21.1. The van der Waals surface area contributed by atoms with Crippen LogP contribution >= 0.6 is 0 Å². The molecule has 0 saturated carbocycles. The third-order valence-electron chi connectivity index (χ3n) is 8.00. The summed E-state index contributed by atoms with van der Waals surface area (Å²) in [7, 11) is 0. The molecule has 3 heterocycles. The first-order valence-electron chi connectivity index (χ1n) is 12.6. The van der Waals surface area contributed by atoms with Gasteiger partial charge in [-0.3, -0.25) is 14.4 Å². The monoisotopic (exact) mass is 496 g/mol. The summed E-state index contributed by atoms with van der Waals surface area (Å²) >= 11 is 0. The van der Waals surface area contributed by atoms with Crippen molar-refractivity contribution in [2.24, 2.45) is 11.8 Å². The summed E-state index contributed by atoms with van der Waals surface area (Å²) in [6.07, 6.45) is 4.59. The molecule has 6 atom stereocenters. The first-order chi connectivity index (χ1) is 17.3. The van der Waals surface area contributed by atoms with Crippen LogP contribution in [0.3, 0.4) is 0 Å². The van der Waals surface area contributed by atoms with Gasteiger partial charge in [0.1, 0.15) is 24.2 Å². The molecule has 1 spiro atoms. The fourth-order valence-corrected chi connectivity index (χ4v) is 6.40. The minimum absolute atomic E-state index is 0.0316. The van der Waals surface area contributed by atoms with Crippen LogP contribution in [-0.4, -0.2) is 75.7 Å². The molecule has 0 radical (unpaired) electrons. The molecule has 1 aromatic carbocycles. The molecule has 36 heavy (non-hydrogen) atoms. The van der Waals surface area contributed by atoms with Crippen molar-refractivity contribution in [1.29, 1.82) is 0 Å². The maximum atomic E-state index is 14.3. The van der Waals surface area contributed by atoms with Crippen molar-refractivity contribution in [2.45, 2.75) is 62.9 Å². The van der Waals surface area contributed by atoms with Crippen molar-refractivity contribution >= 4 is 17.8 Å². The molecule has 3 aliphatic rings. The van der Waals surface area contributed by atoms with Gasteiger partial charge in [0.25, 0.3) is 0 Å². The van der Waals surface area contributed by atoms with Crippen LogP contribution in [0.1, 0.15) is 38.7 Å². The molecule has 3 saturated heterocycles. The van der Waals surface area contributed by atoms with Gasteiger partial charge in [-0.25, -0.2) is 0 Å². The normalized spacial score (nSPS) is 31.1. The topological polar surface area (TPSA) is 96.4 Å². The third kappa shape index (κ3) is 4.06. The van der Waals surface area contributed by atoms with Gasteiger partial charge >= 0.3 is 5.97 Å². The van der Waals surface area contributed by atoms with Crippen molar-refractivity contribution in [3.63, 3.8) is 0 Å². The Morgan fingerprint density at radius 1 is 1.28 bits per heavy atom. The number of amides is 2. The van der Waals surface area contributed by atoms with Crippen LogP contribution in [0, 0.1) is 11.8 Å². The third-order valence-corrected chi connectivity index (χ3v) is 8.00. The van der Waals surface area contributed by atoms with E-state index in [1.165, 1.54) is 11.0 Å². The number of fused-ring (bicyclic) bond motifs is 1. The van der Waals surface area contributed by atoms with Crippen LogP contribution in [0.2, 0.25) is 0 Å². The highest BCUT2D eigenvalue weighted by Crippen LogP contribution is 2.63. The van der Waals surface area contributed by atoms with E-state index in [0.717, 1.165) is 5.56 Å². The lowest BCUT2D eigenvalue weighted by Crippen LogP contribution is -2.58.